The molecule has 1 aliphatic heterocycles. The summed E-state index contributed by atoms with van der Waals surface area (Å²) >= 11 is 2.52. The fourth-order valence-electron chi connectivity index (χ4n) is 5.00. The Morgan fingerprint density at radius 3 is 2.72 bits per heavy atom. The lowest BCUT2D eigenvalue weighted by molar-refractivity contribution is -0.118. The van der Waals surface area contributed by atoms with E-state index in [1.165, 1.54) is 23.1 Å². The number of hydrogen-bond donors (Lipinski definition) is 2. The van der Waals surface area contributed by atoms with E-state index < -0.39 is 5.92 Å². The van der Waals surface area contributed by atoms with Crippen molar-refractivity contribution < 1.29 is 14.0 Å². The van der Waals surface area contributed by atoms with E-state index in [4.69, 9.17) is 10.2 Å². The van der Waals surface area contributed by atoms with Crippen LogP contribution in [0, 0.1) is 30.6 Å². The second kappa shape index (κ2) is 10.4. The number of aromatic nitrogens is 2. The topological polar surface area (TPSA) is 138 Å². The number of nitrogens with two attached hydrogens (primary N) is 1. The monoisotopic (exact) mass is 560 g/mol. The van der Waals surface area contributed by atoms with Gasteiger partial charge in [-0.3, -0.25) is 14.5 Å². The Balaban J connectivity index is 1.46. The van der Waals surface area contributed by atoms with Crippen LogP contribution in [0.5, 0.6) is 0 Å². The van der Waals surface area contributed by atoms with Crippen molar-refractivity contribution in [3.05, 3.63) is 76.1 Å². The number of amides is 1. The molecule has 3 aromatic rings. The van der Waals surface area contributed by atoms with Crippen molar-refractivity contribution in [1.29, 1.82) is 5.26 Å². The van der Waals surface area contributed by atoms with Gasteiger partial charge in [0.15, 0.2) is 10.1 Å². The smallest absolute Gasteiger partial charge is 0.234 e. The van der Waals surface area contributed by atoms with Gasteiger partial charge in [0.05, 0.1) is 23.3 Å². The summed E-state index contributed by atoms with van der Waals surface area (Å²) in [6.07, 6.45) is 0.909. The second-order valence-corrected chi connectivity index (χ2v) is 12.6. The van der Waals surface area contributed by atoms with Crippen LogP contribution < -0.4 is 16.0 Å². The van der Waals surface area contributed by atoms with Crippen LogP contribution in [0.25, 0.3) is 0 Å². The Hall–Kier alpha value is -3.88. The Kier molecular flexibility index (Phi) is 7.09. The van der Waals surface area contributed by atoms with Gasteiger partial charge >= 0.3 is 0 Å². The molecule has 0 fully saturated rings. The van der Waals surface area contributed by atoms with Gasteiger partial charge in [-0.05, 0) is 49.4 Å². The van der Waals surface area contributed by atoms with Crippen LogP contribution in [0.4, 0.5) is 10.8 Å². The highest BCUT2D eigenvalue weighted by Gasteiger charge is 2.46. The lowest BCUT2D eigenvalue weighted by Crippen LogP contribution is -2.42. The fraction of sp³-hybridized carbons (Fsp3) is 0.321. The molecule has 9 nitrogen and oxygen atoms in total. The molecule has 1 aliphatic carbocycles. The molecule has 3 heterocycles. The van der Waals surface area contributed by atoms with Crippen molar-refractivity contribution in [2.75, 3.05) is 16.0 Å². The Morgan fingerprint density at radius 2 is 2.03 bits per heavy atom. The number of allylic oxidation sites excluding steroid dienone is 3. The SMILES string of the molecule is Cc1ccc(C2C(C#N)=C(N)N(c3nnc(SCC(=O)Nc4ccccc4C)s3)C3=C2C(=O)CC(C)(C)C3)o1. The van der Waals surface area contributed by atoms with Crippen molar-refractivity contribution in [2.24, 2.45) is 11.1 Å². The van der Waals surface area contributed by atoms with Crippen molar-refractivity contribution in [2.45, 2.75) is 50.8 Å². The van der Waals surface area contributed by atoms with E-state index in [9.17, 15) is 14.9 Å². The zero-order chi connectivity index (χ0) is 27.9. The van der Waals surface area contributed by atoms with E-state index in [-0.39, 0.29) is 34.3 Å². The zero-order valence-electron chi connectivity index (χ0n) is 22.1. The maximum absolute atomic E-state index is 13.6. The van der Waals surface area contributed by atoms with Gasteiger partial charge in [-0.2, -0.15) is 5.26 Å². The van der Waals surface area contributed by atoms with Gasteiger partial charge in [0.2, 0.25) is 11.0 Å². The number of carbonyl (C=O) groups excluding carboxylic acids is 2. The summed E-state index contributed by atoms with van der Waals surface area (Å²) in [5, 5.41) is 22.1. The average molecular weight is 561 g/mol. The van der Waals surface area contributed by atoms with Crippen molar-refractivity contribution in [3.8, 4) is 6.07 Å². The largest absolute Gasteiger partial charge is 0.465 e. The summed E-state index contributed by atoms with van der Waals surface area (Å²) in [6, 6.07) is 13.4. The molecule has 2 aromatic heterocycles. The highest BCUT2D eigenvalue weighted by atomic mass is 32.2. The molecule has 39 heavy (non-hydrogen) atoms. The number of anilines is 2. The van der Waals surface area contributed by atoms with Gasteiger partial charge in [-0.1, -0.05) is 55.1 Å². The predicted octanol–water partition coefficient (Wildman–Crippen LogP) is 5.42. The molecule has 3 N–H and O–H groups in total. The molecule has 11 heteroatoms. The van der Waals surface area contributed by atoms with E-state index >= 15 is 0 Å². The number of benzene rings is 1. The van der Waals surface area contributed by atoms with Crippen molar-refractivity contribution >= 4 is 45.6 Å². The fourth-order valence-corrected chi connectivity index (χ4v) is 6.68. The Bertz CT molecular complexity index is 1580. The lowest BCUT2D eigenvalue weighted by Gasteiger charge is -2.42. The number of hydrogen-bond acceptors (Lipinski definition) is 10. The zero-order valence-corrected chi connectivity index (χ0v) is 23.7. The summed E-state index contributed by atoms with van der Waals surface area (Å²) in [5.41, 5.74) is 9.52. The molecular weight excluding hydrogens is 532 g/mol. The number of nitrogens with zero attached hydrogens (tertiary/aromatic N) is 4. The number of nitriles is 1. The van der Waals surface area contributed by atoms with Gasteiger partial charge in [0.1, 0.15) is 17.3 Å². The number of nitrogens with one attached hydrogen (secondary N) is 1. The summed E-state index contributed by atoms with van der Waals surface area (Å²) in [4.78, 5) is 27.8. The Labute approximate surface area is 234 Å². The molecule has 200 valence electrons. The van der Waals surface area contributed by atoms with Crippen LogP contribution in [0.2, 0.25) is 0 Å². The number of carbonyl (C=O) groups is 2. The number of furan rings is 1. The lowest BCUT2D eigenvalue weighted by atomic mass is 9.69. The number of thioether (sulfide) groups is 1. The first-order chi connectivity index (χ1) is 18.6. The number of ketones is 1. The number of Topliss-reactive ketones (excluding diaryl/α,β-unsaturated/α-hetero) is 1. The first kappa shape index (κ1) is 26.7. The van der Waals surface area contributed by atoms with Crippen LogP contribution in [0.15, 0.2) is 67.8 Å². The number of rotatable bonds is 6. The van der Waals surface area contributed by atoms with Gasteiger partial charge in [-0.15, -0.1) is 10.2 Å². The van der Waals surface area contributed by atoms with Crippen LogP contribution in [-0.2, 0) is 9.59 Å². The standard InChI is InChI=1S/C28H28N6O3S2/c1-15-7-5-6-8-18(15)31-22(36)14-38-27-33-32-26(39-27)34-19-11-28(3,4)12-20(35)24(19)23(17(13-29)25(34)30)21-10-9-16(2)37-21/h5-10,23H,11-12,14,30H2,1-4H3,(H,31,36). The molecule has 0 radical (unpaired) electrons. The average Bonchev–Trinajstić information content (AvgIpc) is 3.51. The van der Waals surface area contributed by atoms with E-state index in [1.807, 2.05) is 58.0 Å². The molecular formula is C28H28N6O3S2. The third-order valence-corrected chi connectivity index (χ3v) is 8.80. The summed E-state index contributed by atoms with van der Waals surface area (Å²) in [5.74, 6) is 0.675. The molecule has 0 saturated carbocycles. The van der Waals surface area contributed by atoms with Crippen LogP contribution >= 0.6 is 23.1 Å². The van der Waals surface area contributed by atoms with Gasteiger partial charge in [-0.25, -0.2) is 0 Å². The van der Waals surface area contributed by atoms with E-state index in [2.05, 4.69) is 21.6 Å². The first-order valence-electron chi connectivity index (χ1n) is 12.4. The van der Waals surface area contributed by atoms with Crippen LogP contribution in [0.1, 0.15) is 49.7 Å². The summed E-state index contributed by atoms with van der Waals surface area (Å²) in [6.45, 7) is 7.82. The molecule has 1 atom stereocenters. The van der Waals surface area contributed by atoms with Crippen molar-refractivity contribution in [3.63, 3.8) is 0 Å². The number of aryl methyl sites for hydroxylation is 2. The third kappa shape index (κ3) is 5.22. The summed E-state index contributed by atoms with van der Waals surface area (Å²) in [7, 11) is 0. The minimum absolute atomic E-state index is 0.0439. The number of para-hydroxylation sites is 1. The molecule has 0 spiro atoms. The second-order valence-electron chi connectivity index (χ2n) is 10.4. The summed E-state index contributed by atoms with van der Waals surface area (Å²) < 4.78 is 6.46. The third-order valence-electron chi connectivity index (χ3n) is 6.76. The predicted molar refractivity (Wildman–Crippen MR) is 151 cm³/mol. The van der Waals surface area contributed by atoms with Gasteiger partial charge < -0.3 is 15.5 Å². The normalized spacial score (nSPS) is 18.7. The molecule has 1 amide bonds. The minimum Gasteiger partial charge on any atom is -0.465 e. The van der Waals surface area contributed by atoms with Crippen LogP contribution in [-0.4, -0.2) is 27.6 Å². The maximum Gasteiger partial charge on any atom is 0.234 e. The maximum atomic E-state index is 13.6. The van der Waals surface area contributed by atoms with Gasteiger partial charge in [0.25, 0.3) is 0 Å². The first-order valence-corrected chi connectivity index (χ1v) is 14.2. The molecule has 1 unspecified atom stereocenters. The molecule has 0 bridgehead atoms. The highest BCUT2D eigenvalue weighted by Crippen LogP contribution is 2.51. The molecule has 2 aliphatic rings. The van der Waals surface area contributed by atoms with E-state index in [1.54, 1.807) is 11.0 Å². The molecule has 1 aromatic carbocycles. The highest BCUT2D eigenvalue weighted by molar-refractivity contribution is 8.01. The van der Waals surface area contributed by atoms with E-state index in [0.29, 0.717) is 45.1 Å². The molecule has 5 rings (SSSR count). The minimum atomic E-state index is -0.676. The van der Waals surface area contributed by atoms with E-state index in [0.717, 1.165) is 11.3 Å². The quantitative estimate of drug-likeness (QED) is 0.378. The van der Waals surface area contributed by atoms with Gasteiger partial charge in [0, 0.05) is 23.4 Å². The van der Waals surface area contributed by atoms with Crippen LogP contribution in [0.3, 0.4) is 0 Å². The molecule has 0 saturated heterocycles. The Morgan fingerprint density at radius 1 is 1.26 bits per heavy atom. The van der Waals surface area contributed by atoms with Crippen molar-refractivity contribution in [1.82, 2.24) is 10.2 Å².